The first-order valence-electron chi connectivity index (χ1n) is 7.78. The molecule has 0 aromatic heterocycles. The van der Waals surface area contributed by atoms with Crippen LogP contribution in [0, 0.1) is 6.92 Å². The summed E-state index contributed by atoms with van der Waals surface area (Å²) in [6.07, 6.45) is 3.38. The molecule has 1 aromatic rings. The van der Waals surface area contributed by atoms with Crippen molar-refractivity contribution in [2.75, 3.05) is 33.3 Å². The number of aryl methyl sites for hydroxylation is 1. The van der Waals surface area contributed by atoms with Crippen molar-refractivity contribution < 1.29 is 5.11 Å². The van der Waals surface area contributed by atoms with Gasteiger partial charge in [-0.1, -0.05) is 29.8 Å². The molecule has 1 fully saturated rings. The lowest BCUT2D eigenvalue weighted by molar-refractivity contribution is 0.117. The van der Waals surface area contributed by atoms with Crippen LogP contribution in [0.4, 0.5) is 0 Å². The highest BCUT2D eigenvalue weighted by Crippen LogP contribution is 2.17. The molecule has 1 aliphatic rings. The molecule has 1 N–H and O–H groups in total. The SMILES string of the molecule is Cc1ccc(CN2CCC(N(C)CCCO)CC2)cc1. The van der Waals surface area contributed by atoms with E-state index in [1.54, 1.807) is 0 Å². The molecule has 2 rings (SSSR count). The average Bonchev–Trinajstić information content (AvgIpc) is 2.48. The van der Waals surface area contributed by atoms with E-state index in [0.717, 1.165) is 19.5 Å². The largest absolute Gasteiger partial charge is 0.396 e. The lowest BCUT2D eigenvalue weighted by Gasteiger charge is -2.36. The molecule has 1 aromatic carbocycles. The Hall–Kier alpha value is -0.900. The van der Waals surface area contributed by atoms with Gasteiger partial charge in [-0.15, -0.1) is 0 Å². The van der Waals surface area contributed by atoms with Gasteiger partial charge in [0, 0.05) is 25.7 Å². The summed E-state index contributed by atoms with van der Waals surface area (Å²) in [6, 6.07) is 9.58. The molecule has 0 radical (unpaired) electrons. The molecule has 112 valence electrons. The summed E-state index contributed by atoms with van der Waals surface area (Å²) in [5.74, 6) is 0. The number of aliphatic hydroxyl groups is 1. The summed E-state index contributed by atoms with van der Waals surface area (Å²) < 4.78 is 0. The minimum Gasteiger partial charge on any atom is -0.396 e. The Kier molecular flexibility index (Phi) is 6.02. The van der Waals surface area contributed by atoms with Crippen LogP contribution in [0.5, 0.6) is 0 Å². The van der Waals surface area contributed by atoms with Crippen molar-refractivity contribution >= 4 is 0 Å². The third-order valence-corrected chi connectivity index (χ3v) is 4.38. The molecular formula is C17H28N2O. The second-order valence-electron chi connectivity index (χ2n) is 6.05. The summed E-state index contributed by atoms with van der Waals surface area (Å²) in [7, 11) is 2.19. The molecule has 1 heterocycles. The smallest absolute Gasteiger partial charge is 0.0443 e. The molecular weight excluding hydrogens is 248 g/mol. The maximum absolute atomic E-state index is 8.90. The zero-order valence-corrected chi connectivity index (χ0v) is 12.9. The fraction of sp³-hybridized carbons (Fsp3) is 0.647. The lowest BCUT2D eigenvalue weighted by atomic mass is 10.0. The van der Waals surface area contributed by atoms with Crippen molar-refractivity contribution in [3.63, 3.8) is 0 Å². The predicted octanol–water partition coefficient (Wildman–Crippen LogP) is 2.27. The van der Waals surface area contributed by atoms with Crippen LogP contribution in [-0.2, 0) is 6.54 Å². The Bertz CT molecular complexity index is 382. The van der Waals surface area contributed by atoms with E-state index in [2.05, 4.69) is 48.0 Å². The van der Waals surface area contributed by atoms with Gasteiger partial charge in [0.1, 0.15) is 0 Å². The second-order valence-corrected chi connectivity index (χ2v) is 6.05. The Morgan fingerprint density at radius 3 is 2.45 bits per heavy atom. The van der Waals surface area contributed by atoms with E-state index in [9.17, 15) is 0 Å². The van der Waals surface area contributed by atoms with Crippen LogP contribution in [0.2, 0.25) is 0 Å². The summed E-state index contributed by atoms with van der Waals surface area (Å²) in [5, 5.41) is 8.90. The van der Waals surface area contributed by atoms with E-state index in [1.807, 2.05) is 0 Å². The third kappa shape index (κ3) is 4.58. The van der Waals surface area contributed by atoms with E-state index in [4.69, 9.17) is 5.11 Å². The van der Waals surface area contributed by atoms with E-state index < -0.39 is 0 Å². The summed E-state index contributed by atoms with van der Waals surface area (Å²) in [4.78, 5) is 4.97. The Labute approximate surface area is 123 Å². The number of nitrogens with zero attached hydrogens (tertiary/aromatic N) is 2. The van der Waals surface area contributed by atoms with Gasteiger partial charge in [0.25, 0.3) is 0 Å². The summed E-state index contributed by atoms with van der Waals surface area (Å²) in [5.41, 5.74) is 2.75. The van der Waals surface area contributed by atoms with E-state index in [1.165, 1.54) is 37.1 Å². The van der Waals surface area contributed by atoms with Gasteiger partial charge >= 0.3 is 0 Å². The highest BCUT2D eigenvalue weighted by atomic mass is 16.3. The van der Waals surface area contributed by atoms with E-state index >= 15 is 0 Å². The number of benzene rings is 1. The average molecular weight is 276 g/mol. The van der Waals surface area contributed by atoms with Gasteiger partial charge in [0.15, 0.2) is 0 Å². The molecule has 0 bridgehead atoms. The van der Waals surface area contributed by atoms with Gasteiger partial charge in [0.2, 0.25) is 0 Å². The molecule has 3 nitrogen and oxygen atoms in total. The molecule has 0 unspecified atom stereocenters. The highest BCUT2D eigenvalue weighted by molar-refractivity contribution is 5.21. The Morgan fingerprint density at radius 2 is 1.85 bits per heavy atom. The van der Waals surface area contributed by atoms with Crippen molar-refractivity contribution in [1.82, 2.24) is 9.80 Å². The van der Waals surface area contributed by atoms with Crippen LogP contribution in [0.3, 0.4) is 0 Å². The highest BCUT2D eigenvalue weighted by Gasteiger charge is 2.21. The van der Waals surface area contributed by atoms with Gasteiger partial charge in [-0.05, 0) is 51.9 Å². The molecule has 0 atom stereocenters. The van der Waals surface area contributed by atoms with Crippen molar-refractivity contribution in [1.29, 1.82) is 0 Å². The summed E-state index contributed by atoms with van der Waals surface area (Å²) >= 11 is 0. The molecule has 0 aliphatic carbocycles. The molecule has 0 spiro atoms. The van der Waals surface area contributed by atoms with Crippen LogP contribution in [-0.4, -0.2) is 54.2 Å². The molecule has 20 heavy (non-hydrogen) atoms. The number of hydrogen-bond donors (Lipinski definition) is 1. The van der Waals surface area contributed by atoms with Gasteiger partial charge in [-0.25, -0.2) is 0 Å². The monoisotopic (exact) mass is 276 g/mol. The fourth-order valence-corrected chi connectivity index (χ4v) is 2.97. The quantitative estimate of drug-likeness (QED) is 0.863. The minimum atomic E-state index is 0.302. The number of hydrogen-bond acceptors (Lipinski definition) is 3. The maximum Gasteiger partial charge on any atom is 0.0443 e. The molecule has 3 heteroatoms. The van der Waals surface area contributed by atoms with Gasteiger partial charge < -0.3 is 10.0 Å². The minimum absolute atomic E-state index is 0.302. The normalized spacial score (nSPS) is 17.8. The van der Waals surface area contributed by atoms with Crippen LogP contribution in [0.25, 0.3) is 0 Å². The first kappa shape index (κ1) is 15.5. The third-order valence-electron chi connectivity index (χ3n) is 4.38. The topological polar surface area (TPSA) is 26.7 Å². The first-order valence-corrected chi connectivity index (χ1v) is 7.78. The zero-order chi connectivity index (χ0) is 14.4. The first-order chi connectivity index (χ1) is 9.69. The van der Waals surface area contributed by atoms with Crippen LogP contribution >= 0.6 is 0 Å². The van der Waals surface area contributed by atoms with Crippen LogP contribution < -0.4 is 0 Å². The van der Waals surface area contributed by atoms with Crippen molar-refractivity contribution in [2.24, 2.45) is 0 Å². The van der Waals surface area contributed by atoms with Crippen molar-refractivity contribution in [3.05, 3.63) is 35.4 Å². The van der Waals surface area contributed by atoms with Gasteiger partial charge in [-0.3, -0.25) is 4.90 Å². The predicted molar refractivity (Wildman–Crippen MR) is 83.8 cm³/mol. The Balaban J connectivity index is 1.75. The number of piperidine rings is 1. The molecule has 1 aliphatic heterocycles. The van der Waals surface area contributed by atoms with E-state index in [-0.39, 0.29) is 0 Å². The number of aliphatic hydroxyl groups excluding tert-OH is 1. The van der Waals surface area contributed by atoms with Gasteiger partial charge in [0.05, 0.1) is 0 Å². The molecule has 1 saturated heterocycles. The standard InChI is InChI=1S/C17H28N2O/c1-15-4-6-16(7-5-15)14-19-11-8-17(9-12-19)18(2)10-3-13-20/h4-7,17,20H,3,8-14H2,1-2H3. The fourth-order valence-electron chi connectivity index (χ4n) is 2.97. The van der Waals surface area contributed by atoms with Crippen molar-refractivity contribution in [3.8, 4) is 0 Å². The second kappa shape index (κ2) is 7.77. The van der Waals surface area contributed by atoms with Crippen LogP contribution in [0.1, 0.15) is 30.4 Å². The zero-order valence-electron chi connectivity index (χ0n) is 12.9. The maximum atomic E-state index is 8.90. The summed E-state index contributed by atoms with van der Waals surface area (Å²) in [6.45, 7) is 6.89. The van der Waals surface area contributed by atoms with Crippen LogP contribution in [0.15, 0.2) is 24.3 Å². The number of likely N-dealkylation sites (tertiary alicyclic amines) is 1. The van der Waals surface area contributed by atoms with Crippen molar-refractivity contribution in [2.45, 2.75) is 38.8 Å². The lowest BCUT2D eigenvalue weighted by Crippen LogP contribution is -2.43. The van der Waals surface area contributed by atoms with E-state index in [0.29, 0.717) is 12.6 Å². The van der Waals surface area contributed by atoms with Gasteiger partial charge in [-0.2, -0.15) is 0 Å². The molecule has 0 saturated carbocycles. The molecule has 0 amide bonds. The Morgan fingerprint density at radius 1 is 1.20 bits per heavy atom. The number of rotatable bonds is 6.